The first-order chi connectivity index (χ1) is 16.4. The van der Waals surface area contributed by atoms with Crippen LogP contribution in [0, 0.1) is 17.7 Å². The molecule has 0 bridgehead atoms. The molecule has 3 atom stereocenters. The Morgan fingerprint density at radius 3 is 2.79 bits per heavy atom. The van der Waals surface area contributed by atoms with Crippen LogP contribution in [-0.4, -0.2) is 65.9 Å². The van der Waals surface area contributed by atoms with Gasteiger partial charge in [-0.3, -0.25) is 0 Å². The largest absolute Gasteiger partial charge is 0.492 e. The Morgan fingerprint density at radius 1 is 1.24 bits per heavy atom. The van der Waals surface area contributed by atoms with E-state index >= 15 is 0 Å². The molecule has 2 aromatic rings. The van der Waals surface area contributed by atoms with Gasteiger partial charge in [0.25, 0.3) is 0 Å². The molecule has 3 heterocycles. The van der Waals surface area contributed by atoms with Crippen LogP contribution < -0.4 is 4.74 Å². The van der Waals surface area contributed by atoms with Crippen LogP contribution in [0.3, 0.4) is 0 Å². The summed E-state index contributed by atoms with van der Waals surface area (Å²) in [5.41, 5.74) is 2.36. The number of nitrogens with zero attached hydrogens (tertiary/aromatic N) is 4. The highest BCUT2D eigenvalue weighted by molar-refractivity contribution is 6.07. The summed E-state index contributed by atoms with van der Waals surface area (Å²) in [4.78, 5) is 18.1. The van der Waals surface area contributed by atoms with E-state index in [1.807, 2.05) is 37.4 Å². The van der Waals surface area contributed by atoms with Crippen molar-refractivity contribution in [2.75, 3.05) is 33.3 Å². The van der Waals surface area contributed by atoms with Gasteiger partial charge in [0.2, 0.25) is 0 Å². The number of carbonyl (C=O) groups excluding carboxylic acids is 1. The normalized spacial score (nSPS) is 24.3. The summed E-state index contributed by atoms with van der Waals surface area (Å²) in [5.74, 6) is 0.564. The summed E-state index contributed by atoms with van der Waals surface area (Å²) < 4.78 is 20.1. The van der Waals surface area contributed by atoms with Crippen LogP contribution in [0.1, 0.15) is 43.9 Å². The maximum absolute atomic E-state index is 14.1. The molecule has 34 heavy (non-hydrogen) atoms. The zero-order chi connectivity index (χ0) is 23.8. The number of rotatable bonds is 4. The Kier molecular flexibility index (Phi) is 6.30. The zero-order valence-corrected chi connectivity index (χ0v) is 20.2. The lowest BCUT2D eigenvalue weighted by Crippen LogP contribution is -2.47. The lowest BCUT2D eigenvalue weighted by Gasteiger charge is -2.38. The highest BCUT2D eigenvalue weighted by atomic mass is 19.1. The van der Waals surface area contributed by atoms with Crippen molar-refractivity contribution in [3.05, 3.63) is 65.5 Å². The molecule has 1 fully saturated rings. The Bertz CT molecular complexity index is 1070. The number of piperidine rings is 1. The maximum atomic E-state index is 14.1. The molecule has 7 heteroatoms. The summed E-state index contributed by atoms with van der Waals surface area (Å²) in [7, 11) is 1.87. The van der Waals surface area contributed by atoms with Crippen molar-refractivity contribution in [3.63, 3.8) is 0 Å². The average Bonchev–Trinajstić information content (AvgIpc) is 3.24. The van der Waals surface area contributed by atoms with Crippen molar-refractivity contribution in [2.45, 2.75) is 38.8 Å². The molecule has 2 aromatic carbocycles. The monoisotopic (exact) mass is 464 g/mol. The number of benzene rings is 2. The third kappa shape index (κ3) is 4.29. The number of urea groups is 1. The molecule has 5 rings (SSSR count). The SMILES string of the molecule is CC(C)N1CCC[C@@H](CN(C)C(=O)N2N=C3c4cc(F)ccc4OC[C@@H]3[C@@H]2c2ccccc2)C1. The van der Waals surface area contributed by atoms with E-state index in [4.69, 9.17) is 9.84 Å². The molecule has 0 radical (unpaired) electrons. The predicted molar refractivity (Wildman–Crippen MR) is 130 cm³/mol. The van der Waals surface area contributed by atoms with Gasteiger partial charge in [-0.25, -0.2) is 14.2 Å². The molecule has 0 N–H and O–H groups in total. The van der Waals surface area contributed by atoms with Gasteiger partial charge in [-0.2, -0.15) is 5.10 Å². The van der Waals surface area contributed by atoms with Crippen molar-refractivity contribution in [3.8, 4) is 5.75 Å². The van der Waals surface area contributed by atoms with E-state index in [2.05, 4.69) is 18.7 Å². The van der Waals surface area contributed by atoms with E-state index in [0.717, 1.165) is 37.2 Å². The number of hydrogen-bond acceptors (Lipinski definition) is 4. The van der Waals surface area contributed by atoms with Gasteiger partial charge in [0.1, 0.15) is 11.6 Å². The predicted octanol–water partition coefficient (Wildman–Crippen LogP) is 4.77. The van der Waals surface area contributed by atoms with E-state index in [1.54, 1.807) is 16.0 Å². The second-order valence-electron chi connectivity index (χ2n) is 10.0. The molecule has 3 aliphatic heterocycles. The molecule has 0 aromatic heterocycles. The van der Waals surface area contributed by atoms with Crippen LogP contribution >= 0.6 is 0 Å². The highest BCUT2D eigenvalue weighted by Gasteiger charge is 2.46. The van der Waals surface area contributed by atoms with Gasteiger partial charge in [-0.05, 0) is 62.9 Å². The van der Waals surface area contributed by atoms with Crippen LogP contribution in [0.25, 0.3) is 0 Å². The third-order valence-corrected chi connectivity index (χ3v) is 7.32. The number of hydrazone groups is 1. The average molecular weight is 465 g/mol. The fraction of sp³-hybridized carbons (Fsp3) is 0.481. The van der Waals surface area contributed by atoms with Crippen molar-refractivity contribution >= 4 is 11.7 Å². The smallest absolute Gasteiger partial charge is 0.340 e. The zero-order valence-electron chi connectivity index (χ0n) is 20.2. The summed E-state index contributed by atoms with van der Waals surface area (Å²) in [5, 5.41) is 6.41. The molecule has 0 aliphatic carbocycles. The van der Waals surface area contributed by atoms with Crippen molar-refractivity contribution in [2.24, 2.45) is 16.9 Å². The van der Waals surface area contributed by atoms with Crippen molar-refractivity contribution in [1.82, 2.24) is 14.8 Å². The Hall–Kier alpha value is -2.93. The number of hydrogen-bond donors (Lipinski definition) is 0. The number of amides is 2. The summed E-state index contributed by atoms with van der Waals surface area (Å²) in [6.07, 6.45) is 2.28. The minimum absolute atomic E-state index is 0.129. The first-order valence-electron chi connectivity index (χ1n) is 12.3. The molecule has 0 saturated carbocycles. The van der Waals surface area contributed by atoms with Crippen LogP contribution in [0.15, 0.2) is 53.6 Å². The van der Waals surface area contributed by atoms with Crippen LogP contribution in [0.2, 0.25) is 0 Å². The van der Waals surface area contributed by atoms with Gasteiger partial charge in [0.05, 0.1) is 24.3 Å². The second kappa shape index (κ2) is 9.37. The fourth-order valence-corrected chi connectivity index (χ4v) is 5.54. The maximum Gasteiger partial charge on any atom is 0.340 e. The number of fused-ring (bicyclic) bond motifs is 3. The molecule has 6 nitrogen and oxygen atoms in total. The van der Waals surface area contributed by atoms with E-state index in [-0.39, 0.29) is 23.8 Å². The molecule has 0 unspecified atom stereocenters. The molecule has 3 aliphatic rings. The van der Waals surface area contributed by atoms with E-state index < -0.39 is 0 Å². The van der Waals surface area contributed by atoms with Crippen LogP contribution in [-0.2, 0) is 0 Å². The minimum Gasteiger partial charge on any atom is -0.492 e. The standard InChI is InChI=1S/C27H33FN4O2/c1-18(2)31-13-7-8-19(16-31)15-30(3)27(33)32-26(20-9-5-4-6-10-20)23-17-34-24-12-11-21(28)14-22(24)25(23)29-32/h4-6,9-12,14,18-19,23,26H,7-8,13,15-17H2,1-3H3/t19-,23-,26-/m0/s1. The molecule has 0 spiro atoms. The molecule has 180 valence electrons. The van der Waals surface area contributed by atoms with Gasteiger partial charge >= 0.3 is 6.03 Å². The van der Waals surface area contributed by atoms with Crippen LogP contribution in [0.5, 0.6) is 5.75 Å². The Balaban J connectivity index is 1.42. The molecular formula is C27H33FN4O2. The lowest BCUT2D eigenvalue weighted by atomic mass is 9.86. The first-order valence-corrected chi connectivity index (χ1v) is 12.3. The second-order valence-corrected chi connectivity index (χ2v) is 10.0. The number of likely N-dealkylation sites (tertiary alicyclic amines) is 1. The van der Waals surface area contributed by atoms with Gasteiger partial charge in [0, 0.05) is 31.7 Å². The molecule has 1 saturated heterocycles. The fourth-order valence-electron chi connectivity index (χ4n) is 5.54. The summed E-state index contributed by atoms with van der Waals surface area (Å²) in [6, 6.07) is 14.5. The third-order valence-electron chi connectivity index (χ3n) is 7.32. The lowest BCUT2D eigenvalue weighted by molar-refractivity contribution is 0.102. The minimum atomic E-state index is -0.337. The van der Waals surface area contributed by atoms with Gasteiger partial charge in [0.15, 0.2) is 0 Å². The van der Waals surface area contributed by atoms with Crippen molar-refractivity contribution < 1.29 is 13.9 Å². The number of ether oxygens (including phenoxy) is 1. The highest BCUT2D eigenvalue weighted by Crippen LogP contribution is 2.43. The van der Waals surface area contributed by atoms with E-state index in [1.165, 1.54) is 12.1 Å². The summed E-state index contributed by atoms with van der Waals surface area (Å²) >= 11 is 0. The number of halogens is 1. The topological polar surface area (TPSA) is 48.4 Å². The quantitative estimate of drug-likeness (QED) is 0.655. The Labute approximate surface area is 201 Å². The molecular weight excluding hydrogens is 431 g/mol. The Morgan fingerprint density at radius 2 is 2.03 bits per heavy atom. The van der Waals surface area contributed by atoms with Gasteiger partial charge in [-0.1, -0.05) is 30.3 Å². The number of carbonyl (C=O) groups is 1. The van der Waals surface area contributed by atoms with Crippen molar-refractivity contribution in [1.29, 1.82) is 0 Å². The first kappa shape index (κ1) is 22.8. The van der Waals surface area contributed by atoms with E-state index in [9.17, 15) is 9.18 Å². The van der Waals surface area contributed by atoms with Crippen LogP contribution in [0.4, 0.5) is 9.18 Å². The molecule has 2 amide bonds. The van der Waals surface area contributed by atoms with E-state index in [0.29, 0.717) is 36.4 Å². The van der Waals surface area contributed by atoms with Gasteiger partial charge in [-0.15, -0.1) is 0 Å². The summed E-state index contributed by atoms with van der Waals surface area (Å²) in [6.45, 7) is 7.68. The van der Waals surface area contributed by atoms with Gasteiger partial charge < -0.3 is 14.5 Å².